The number of hydrogen-bond acceptors (Lipinski definition) is 2. The third-order valence-corrected chi connectivity index (χ3v) is 4.30. The van der Waals surface area contributed by atoms with Crippen molar-refractivity contribution in [3.8, 4) is 0 Å². The average molecular weight is 293 g/mol. The van der Waals surface area contributed by atoms with Crippen molar-refractivity contribution in [3.63, 3.8) is 0 Å². The van der Waals surface area contributed by atoms with Crippen molar-refractivity contribution in [2.75, 3.05) is 0 Å². The van der Waals surface area contributed by atoms with Gasteiger partial charge in [0.2, 0.25) is 5.91 Å². The Morgan fingerprint density at radius 1 is 1.29 bits per heavy atom. The highest BCUT2D eigenvalue weighted by atomic mass is 19.1. The molecule has 1 amide bonds. The molecule has 1 aliphatic carbocycles. The molecule has 0 bridgehead atoms. The quantitative estimate of drug-likeness (QED) is 0.877. The van der Waals surface area contributed by atoms with E-state index in [4.69, 9.17) is 0 Å². The van der Waals surface area contributed by atoms with Crippen LogP contribution in [0, 0.1) is 23.6 Å². The maximum atomic E-state index is 13.5. The molecule has 3 atom stereocenters. The second-order valence-electron chi connectivity index (χ2n) is 5.61. The molecule has 0 aromatic heterocycles. The first-order chi connectivity index (χ1) is 10.0. The standard InChI is InChI=1S/C16H20FNO3/c1-2-10-7-12(13(8-10)16(20)21)15(19)18-9-11-5-3-4-6-14(11)17/h3-6,10,12-13H,2,7-9H2,1H3,(H,18,19)(H,20,21)/t10?,12-,13+/m0/s1. The summed E-state index contributed by atoms with van der Waals surface area (Å²) in [5, 5.41) is 11.9. The molecule has 1 aromatic carbocycles. The molecule has 0 spiro atoms. The van der Waals surface area contributed by atoms with Crippen LogP contribution >= 0.6 is 0 Å². The molecule has 1 aromatic rings. The van der Waals surface area contributed by atoms with E-state index in [0.717, 1.165) is 6.42 Å². The van der Waals surface area contributed by atoms with Gasteiger partial charge in [-0.05, 0) is 24.8 Å². The number of carboxylic acid groups (broad SMARTS) is 1. The van der Waals surface area contributed by atoms with E-state index in [9.17, 15) is 19.1 Å². The van der Waals surface area contributed by atoms with Gasteiger partial charge in [0.25, 0.3) is 0 Å². The molecular weight excluding hydrogens is 273 g/mol. The number of benzene rings is 1. The maximum absolute atomic E-state index is 13.5. The highest BCUT2D eigenvalue weighted by Crippen LogP contribution is 2.38. The van der Waals surface area contributed by atoms with E-state index in [1.807, 2.05) is 6.92 Å². The molecule has 4 nitrogen and oxygen atoms in total. The lowest BCUT2D eigenvalue weighted by molar-refractivity contribution is -0.146. The fourth-order valence-electron chi connectivity index (χ4n) is 2.99. The van der Waals surface area contributed by atoms with E-state index in [1.165, 1.54) is 6.07 Å². The summed E-state index contributed by atoms with van der Waals surface area (Å²) in [4.78, 5) is 23.5. The van der Waals surface area contributed by atoms with Gasteiger partial charge in [0.05, 0.1) is 11.8 Å². The maximum Gasteiger partial charge on any atom is 0.307 e. The number of hydrogen-bond donors (Lipinski definition) is 2. The zero-order valence-corrected chi connectivity index (χ0v) is 12.0. The minimum absolute atomic E-state index is 0.0884. The summed E-state index contributed by atoms with van der Waals surface area (Å²) in [6.45, 7) is 2.09. The van der Waals surface area contributed by atoms with Gasteiger partial charge in [-0.3, -0.25) is 9.59 Å². The lowest BCUT2D eigenvalue weighted by atomic mass is 9.95. The van der Waals surface area contributed by atoms with Crippen LogP contribution in [0.3, 0.4) is 0 Å². The molecule has 0 saturated heterocycles. The Bertz CT molecular complexity index is 532. The number of carboxylic acids is 1. The van der Waals surface area contributed by atoms with Crippen LogP contribution in [0.15, 0.2) is 24.3 Å². The molecule has 5 heteroatoms. The van der Waals surface area contributed by atoms with Gasteiger partial charge in [0, 0.05) is 12.1 Å². The van der Waals surface area contributed by atoms with E-state index in [-0.39, 0.29) is 24.2 Å². The van der Waals surface area contributed by atoms with Crippen LogP contribution in [0.4, 0.5) is 4.39 Å². The summed E-state index contributed by atoms with van der Waals surface area (Å²) in [7, 11) is 0. The number of nitrogens with one attached hydrogen (secondary N) is 1. The van der Waals surface area contributed by atoms with E-state index in [0.29, 0.717) is 18.4 Å². The SMILES string of the molecule is CCC1C[C@H](C(=O)NCc2ccccc2F)[C@H](C(=O)O)C1. The van der Waals surface area contributed by atoms with Gasteiger partial charge in [0.15, 0.2) is 0 Å². The largest absolute Gasteiger partial charge is 0.481 e. The van der Waals surface area contributed by atoms with Crippen molar-refractivity contribution in [2.24, 2.45) is 17.8 Å². The predicted octanol–water partition coefficient (Wildman–Crippen LogP) is 2.58. The minimum atomic E-state index is -0.919. The number of aliphatic carboxylic acids is 1. The van der Waals surface area contributed by atoms with Crippen LogP contribution in [0.25, 0.3) is 0 Å². The third kappa shape index (κ3) is 3.60. The molecule has 0 aliphatic heterocycles. The third-order valence-electron chi connectivity index (χ3n) is 4.30. The van der Waals surface area contributed by atoms with E-state index >= 15 is 0 Å². The Hall–Kier alpha value is -1.91. The summed E-state index contributed by atoms with van der Waals surface area (Å²) in [6, 6.07) is 6.23. The Labute approximate surface area is 123 Å². The van der Waals surface area contributed by atoms with Crippen molar-refractivity contribution >= 4 is 11.9 Å². The number of carbonyl (C=O) groups excluding carboxylic acids is 1. The lowest BCUT2D eigenvalue weighted by Gasteiger charge is -2.15. The molecule has 114 valence electrons. The van der Waals surface area contributed by atoms with Gasteiger partial charge in [-0.25, -0.2) is 4.39 Å². The van der Waals surface area contributed by atoms with Crippen molar-refractivity contribution in [1.82, 2.24) is 5.32 Å². The fourth-order valence-corrected chi connectivity index (χ4v) is 2.99. The van der Waals surface area contributed by atoms with Crippen LogP contribution in [0.5, 0.6) is 0 Å². The van der Waals surface area contributed by atoms with E-state index < -0.39 is 17.8 Å². The first-order valence-corrected chi connectivity index (χ1v) is 7.26. The Balaban J connectivity index is 1.99. The second kappa shape index (κ2) is 6.70. The topological polar surface area (TPSA) is 66.4 Å². The van der Waals surface area contributed by atoms with E-state index in [1.54, 1.807) is 18.2 Å². The van der Waals surface area contributed by atoms with Crippen LogP contribution < -0.4 is 5.32 Å². The van der Waals surface area contributed by atoms with Crippen molar-refractivity contribution in [2.45, 2.75) is 32.7 Å². The molecule has 2 N–H and O–H groups in total. The Morgan fingerprint density at radius 2 is 1.95 bits per heavy atom. The first kappa shape index (κ1) is 15.5. The van der Waals surface area contributed by atoms with Crippen LogP contribution in [0.1, 0.15) is 31.7 Å². The fraction of sp³-hybridized carbons (Fsp3) is 0.500. The number of rotatable bonds is 5. The van der Waals surface area contributed by atoms with Gasteiger partial charge < -0.3 is 10.4 Å². The van der Waals surface area contributed by atoms with Gasteiger partial charge in [-0.2, -0.15) is 0 Å². The van der Waals surface area contributed by atoms with Crippen LogP contribution in [0.2, 0.25) is 0 Å². The van der Waals surface area contributed by atoms with Crippen molar-refractivity contribution in [3.05, 3.63) is 35.6 Å². The van der Waals surface area contributed by atoms with Gasteiger partial charge in [-0.1, -0.05) is 31.5 Å². The molecular formula is C16H20FNO3. The number of carbonyl (C=O) groups is 2. The minimum Gasteiger partial charge on any atom is -0.481 e. The molecule has 2 rings (SSSR count). The zero-order valence-electron chi connectivity index (χ0n) is 12.0. The molecule has 1 fully saturated rings. The molecule has 21 heavy (non-hydrogen) atoms. The predicted molar refractivity (Wildman–Crippen MR) is 75.9 cm³/mol. The molecule has 1 unspecified atom stereocenters. The summed E-state index contributed by atoms with van der Waals surface area (Å²) in [5.41, 5.74) is 0.405. The molecule has 0 radical (unpaired) electrons. The summed E-state index contributed by atoms with van der Waals surface area (Å²) >= 11 is 0. The number of halogens is 1. The highest BCUT2D eigenvalue weighted by molar-refractivity contribution is 5.85. The van der Waals surface area contributed by atoms with Crippen molar-refractivity contribution in [1.29, 1.82) is 0 Å². The summed E-state index contributed by atoms with van der Waals surface area (Å²) in [5.74, 6) is -2.45. The second-order valence-corrected chi connectivity index (χ2v) is 5.61. The number of amides is 1. The molecule has 1 saturated carbocycles. The highest BCUT2D eigenvalue weighted by Gasteiger charge is 2.41. The summed E-state index contributed by atoms with van der Waals surface area (Å²) < 4.78 is 13.5. The normalized spacial score (nSPS) is 24.8. The average Bonchev–Trinajstić information content (AvgIpc) is 2.90. The molecule has 0 heterocycles. The lowest BCUT2D eigenvalue weighted by Crippen LogP contribution is -2.35. The Kier molecular flexibility index (Phi) is 4.94. The molecule has 1 aliphatic rings. The first-order valence-electron chi connectivity index (χ1n) is 7.26. The van der Waals surface area contributed by atoms with Gasteiger partial charge in [0.1, 0.15) is 5.82 Å². The smallest absolute Gasteiger partial charge is 0.307 e. The van der Waals surface area contributed by atoms with Crippen LogP contribution in [-0.2, 0) is 16.1 Å². The summed E-state index contributed by atoms with van der Waals surface area (Å²) in [6.07, 6.45) is 2.01. The van der Waals surface area contributed by atoms with Gasteiger partial charge in [-0.15, -0.1) is 0 Å². The zero-order chi connectivity index (χ0) is 15.4. The van der Waals surface area contributed by atoms with Gasteiger partial charge >= 0.3 is 5.97 Å². The van der Waals surface area contributed by atoms with Crippen LogP contribution in [-0.4, -0.2) is 17.0 Å². The van der Waals surface area contributed by atoms with Crippen molar-refractivity contribution < 1.29 is 19.1 Å². The monoisotopic (exact) mass is 293 g/mol. The van der Waals surface area contributed by atoms with E-state index in [2.05, 4.69) is 5.32 Å². The Morgan fingerprint density at radius 3 is 2.57 bits per heavy atom.